The fourth-order valence-corrected chi connectivity index (χ4v) is 2.42. The molecule has 1 saturated heterocycles. The highest BCUT2D eigenvalue weighted by atomic mass is 16.2. The maximum absolute atomic E-state index is 12.7. The molecule has 1 heterocycles. The smallest absolute Gasteiger partial charge is 0.319 e. The summed E-state index contributed by atoms with van der Waals surface area (Å²) < 4.78 is 0. The number of nitriles is 2. The summed E-state index contributed by atoms with van der Waals surface area (Å²) in [5.41, 5.74) is -0.644. The summed E-state index contributed by atoms with van der Waals surface area (Å²) in [6.07, 6.45) is 0.409. The summed E-state index contributed by atoms with van der Waals surface area (Å²) in [5, 5.41) is 20.6. The maximum atomic E-state index is 12.7. The van der Waals surface area contributed by atoms with Crippen molar-refractivity contribution in [1.29, 1.82) is 10.5 Å². The van der Waals surface area contributed by atoms with Crippen molar-refractivity contribution >= 4 is 11.9 Å². The predicted molar refractivity (Wildman–Crippen MR) is 82.8 cm³/mol. The van der Waals surface area contributed by atoms with Gasteiger partial charge in [0.25, 0.3) is 5.91 Å². The van der Waals surface area contributed by atoms with Crippen molar-refractivity contribution in [3.8, 4) is 12.1 Å². The van der Waals surface area contributed by atoms with Crippen LogP contribution in [0.5, 0.6) is 0 Å². The van der Waals surface area contributed by atoms with Gasteiger partial charge in [-0.1, -0.05) is 12.1 Å². The first-order valence-corrected chi connectivity index (χ1v) is 7.29. The normalized spacial score (nSPS) is 20.8. The molecule has 1 unspecified atom stereocenters. The van der Waals surface area contributed by atoms with E-state index in [1.807, 2.05) is 6.07 Å². The molecule has 0 aliphatic carbocycles. The minimum Gasteiger partial charge on any atom is -0.319 e. The molecule has 1 N–H and O–H groups in total. The van der Waals surface area contributed by atoms with E-state index < -0.39 is 17.0 Å². The molecule has 3 amide bonds. The lowest BCUT2D eigenvalue weighted by Crippen LogP contribution is -2.41. The molecule has 1 atom stereocenters. The Labute approximate surface area is 135 Å². The average Bonchev–Trinajstić information content (AvgIpc) is 2.76. The Morgan fingerprint density at radius 3 is 2.35 bits per heavy atom. The molecule has 1 aliphatic rings. The fraction of sp³-hybridized carbons (Fsp3) is 0.412. The van der Waals surface area contributed by atoms with Gasteiger partial charge in [-0.2, -0.15) is 10.5 Å². The number of hydrogen-bond acceptors (Lipinski definition) is 4. The number of benzene rings is 1. The summed E-state index contributed by atoms with van der Waals surface area (Å²) >= 11 is 0. The molecule has 6 nitrogen and oxygen atoms in total. The van der Waals surface area contributed by atoms with Crippen LogP contribution in [0.1, 0.15) is 38.3 Å². The predicted octanol–water partition coefficient (Wildman–Crippen LogP) is 2.27. The Morgan fingerprint density at radius 1 is 1.22 bits per heavy atom. The van der Waals surface area contributed by atoms with E-state index in [-0.39, 0.29) is 12.5 Å². The van der Waals surface area contributed by atoms with Gasteiger partial charge in [-0.25, -0.2) is 4.79 Å². The zero-order valence-electron chi connectivity index (χ0n) is 13.4. The van der Waals surface area contributed by atoms with Gasteiger partial charge in [-0.15, -0.1) is 0 Å². The highest BCUT2D eigenvalue weighted by molar-refractivity contribution is 6.07. The van der Waals surface area contributed by atoms with Crippen LogP contribution in [0.15, 0.2) is 24.3 Å². The first-order valence-electron chi connectivity index (χ1n) is 7.29. The number of nitrogens with zero attached hydrogens (tertiary/aromatic N) is 3. The van der Waals surface area contributed by atoms with E-state index in [0.29, 0.717) is 17.5 Å². The summed E-state index contributed by atoms with van der Waals surface area (Å²) in [6, 6.07) is 10.3. The number of imide groups is 1. The van der Waals surface area contributed by atoms with E-state index in [1.54, 1.807) is 45.0 Å². The van der Waals surface area contributed by atoms with Crippen molar-refractivity contribution in [2.45, 2.75) is 32.7 Å². The van der Waals surface area contributed by atoms with Crippen LogP contribution in [0, 0.1) is 28.1 Å². The largest absolute Gasteiger partial charge is 0.325 e. The summed E-state index contributed by atoms with van der Waals surface area (Å²) in [4.78, 5) is 26.0. The van der Waals surface area contributed by atoms with Crippen LogP contribution in [0.25, 0.3) is 0 Å². The minimum atomic E-state index is -1.15. The number of amides is 3. The molecule has 1 aromatic rings. The van der Waals surface area contributed by atoms with Gasteiger partial charge in [-0.05, 0) is 44.9 Å². The summed E-state index contributed by atoms with van der Waals surface area (Å²) in [6.45, 7) is 5.37. The molecule has 6 heteroatoms. The first kappa shape index (κ1) is 16.5. The third-order valence-corrected chi connectivity index (χ3v) is 4.13. The maximum Gasteiger partial charge on any atom is 0.325 e. The average molecular weight is 310 g/mol. The van der Waals surface area contributed by atoms with Crippen LogP contribution in [0.3, 0.4) is 0 Å². The zero-order chi connectivity index (χ0) is 17.3. The molecule has 2 rings (SSSR count). The molecule has 0 spiro atoms. The second-order valence-electron chi connectivity index (χ2n) is 6.45. The van der Waals surface area contributed by atoms with E-state index >= 15 is 0 Å². The molecule has 1 fully saturated rings. The van der Waals surface area contributed by atoms with Crippen molar-refractivity contribution in [3.63, 3.8) is 0 Å². The van der Waals surface area contributed by atoms with Gasteiger partial charge in [0.05, 0.1) is 23.1 Å². The summed E-state index contributed by atoms with van der Waals surface area (Å²) in [5.74, 6) is -0.346. The van der Waals surface area contributed by atoms with E-state index in [9.17, 15) is 9.59 Å². The Bertz CT molecular complexity index is 724. The zero-order valence-corrected chi connectivity index (χ0v) is 13.4. The molecule has 118 valence electrons. The molecule has 0 bridgehead atoms. The lowest BCUT2D eigenvalue weighted by Gasteiger charge is -2.23. The van der Waals surface area contributed by atoms with Crippen LogP contribution in [0.2, 0.25) is 0 Å². The van der Waals surface area contributed by atoms with Crippen molar-refractivity contribution < 1.29 is 9.59 Å². The molecule has 1 aliphatic heterocycles. The third-order valence-electron chi connectivity index (χ3n) is 4.13. The van der Waals surface area contributed by atoms with Crippen LogP contribution in [-0.4, -0.2) is 23.4 Å². The van der Waals surface area contributed by atoms with Gasteiger partial charge >= 0.3 is 6.03 Å². The van der Waals surface area contributed by atoms with E-state index in [4.69, 9.17) is 10.5 Å². The Balaban J connectivity index is 2.22. The van der Waals surface area contributed by atoms with Gasteiger partial charge < -0.3 is 5.32 Å². The SMILES string of the molecule is CC(C)(C#N)CCN1C(=O)NC(C)(c2ccc(C#N)cc2)C1=O. The van der Waals surface area contributed by atoms with Crippen molar-refractivity contribution in [2.24, 2.45) is 5.41 Å². The fourth-order valence-electron chi connectivity index (χ4n) is 2.42. The van der Waals surface area contributed by atoms with E-state index in [0.717, 1.165) is 4.90 Å². The molecular formula is C17H18N4O2. The van der Waals surface area contributed by atoms with Gasteiger partial charge in [0.1, 0.15) is 5.54 Å². The number of carbonyl (C=O) groups is 2. The van der Waals surface area contributed by atoms with Crippen LogP contribution < -0.4 is 5.32 Å². The molecule has 0 radical (unpaired) electrons. The molecule has 23 heavy (non-hydrogen) atoms. The van der Waals surface area contributed by atoms with Crippen molar-refractivity contribution in [1.82, 2.24) is 10.2 Å². The monoisotopic (exact) mass is 310 g/mol. The highest BCUT2D eigenvalue weighted by Gasteiger charge is 2.48. The van der Waals surface area contributed by atoms with Gasteiger partial charge in [0.2, 0.25) is 0 Å². The van der Waals surface area contributed by atoms with E-state index in [2.05, 4.69) is 11.4 Å². The minimum absolute atomic E-state index is 0.192. The quantitative estimate of drug-likeness (QED) is 0.863. The van der Waals surface area contributed by atoms with E-state index in [1.165, 1.54) is 0 Å². The molecular weight excluding hydrogens is 292 g/mol. The van der Waals surface area contributed by atoms with Gasteiger partial charge in [0.15, 0.2) is 0 Å². The number of nitrogens with one attached hydrogen (secondary N) is 1. The van der Waals surface area contributed by atoms with Gasteiger partial charge in [0, 0.05) is 6.54 Å². The second kappa shape index (κ2) is 5.73. The number of urea groups is 1. The molecule has 0 aromatic heterocycles. The van der Waals surface area contributed by atoms with Crippen LogP contribution >= 0.6 is 0 Å². The van der Waals surface area contributed by atoms with Crippen molar-refractivity contribution in [2.75, 3.05) is 6.54 Å². The number of hydrogen-bond donors (Lipinski definition) is 1. The number of carbonyl (C=O) groups excluding carboxylic acids is 2. The Hall–Kier alpha value is -2.86. The lowest BCUT2D eigenvalue weighted by molar-refractivity contribution is -0.131. The van der Waals surface area contributed by atoms with Crippen LogP contribution in [0.4, 0.5) is 4.79 Å². The Morgan fingerprint density at radius 2 is 1.83 bits per heavy atom. The topological polar surface area (TPSA) is 97.0 Å². The molecule has 0 saturated carbocycles. The number of rotatable bonds is 4. The highest BCUT2D eigenvalue weighted by Crippen LogP contribution is 2.30. The first-order chi connectivity index (χ1) is 10.7. The van der Waals surface area contributed by atoms with Crippen LogP contribution in [-0.2, 0) is 10.3 Å². The second-order valence-corrected chi connectivity index (χ2v) is 6.45. The third kappa shape index (κ3) is 3.02. The van der Waals surface area contributed by atoms with Crippen molar-refractivity contribution in [3.05, 3.63) is 35.4 Å². The summed E-state index contributed by atoms with van der Waals surface area (Å²) in [7, 11) is 0. The Kier molecular flexibility index (Phi) is 4.12. The van der Waals surface area contributed by atoms with Gasteiger partial charge in [-0.3, -0.25) is 9.69 Å². The molecule has 1 aromatic carbocycles. The standard InChI is InChI=1S/C17H18N4O2/c1-16(2,11-19)8-9-21-14(22)17(3,20-15(21)23)13-6-4-12(10-18)5-7-13/h4-7H,8-9H2,1-3H3,(H,20,23). The lowest BCUT2D eigenvalue weighted by atomic mass is 9.90.